The number of aromatic nitrogens is 5. The summed E-state index contributed by atoms with van der Waals surface area (Å²) in [4.78, 5) is 20.2. The fraction of sp³-hybridized carbons (Fsp3) is 0.480. The highest BCUT2D eigenvalue weighted by molar-refractivity contribution is 7.99. The smallest absolute Gasteiger partial charge is 0.321 e. The first kappa shape index (κ1) is 25.3. The predicted molar refractivity (Wildman–Crippen MR) is 146 cm³/mol. The zero-order valence-electron chi connectivity index (χ0n) is 21.1. The molecule has 3 aromatic heterocycles. The number of carbonyl (C=O) groups is 1. The van der Waals surface area contributed by atoms with E-state index >= 15 is 0 Å². The zero-order valence-corrected chi connectivity index (χ0v) is 22.8. The minimum atomic E-state index is -0.252. The van der Waals surface area contributed by atoms with Crippen molar-refractivity contribution in [1.82, 2.24) is 35.0 Å². The number of rotatable bonds is 8. The summed E-state index contributed by atoms with van der Waals surface area (Å²) >= 11 is 2.91. The molecule has 2 atom stereocenters. The standard InChI is InChI=1S/C25H30N8O3S2/c1-16-3-2-4-19(16)36-22-8-7-21-29-30-25(33(21)31-22)37-17-5-6-18-20(15-17)38-24(27-18)28-23(34)26-9-10-32-11-13-35-14-12-32/h5-8,15-16,19H,2-4,9-14H2,1H3,(H2,26,27,28,34)/t16-,19-/m0/s1. The normalized spacial score (nSPS) is 20.2. The van der Waals surface area contributed by atoms with Gasteiger partial charge in [-0.25, -0.2) is 9.78 Å². The van der Waals surface area contributed by atoms with E-state index in [2.05, 4.69) is 42.7 Å². The maximum atomic E-state index is 12.4. The summed E-state index contributed by atoms with van der Waals surface area (Å²) < 4.78 is 14.2. The van der Waals surface area contributed by atoms with Gasteiger partial charge >= 0.3 is 6.03 Å². The molecule has 13 heteroatoms. The number of fused-ring (bicyclic) bond motifs is 2. The van der Waals surface area contributed by atoms with Crippen LogP contribution in [0.4, 0.5) is 9.93 Å². The van der Waals surface area contributed by atoms with Crippen LogP contribution in [0.15, 0.2) is 40.4 Å². The van der Waals surface area contributed by atoms with E-state index in [0.717, 1.165) is 54.4 Å². The van der Waals surface area contributed by atoms with Crippen LogP contribution in [0.1, 0.15) is 26.2 Å². The van der Waals surface area contributed by atoms with E-state index in [4.69, 9.17) is 9.47 Å². The van der Waals surface area contributed by atoms with Crippen molar-refractivity contribution in [2.24, 2.45) is 5.92 Å². The van der Waals surface area contributed by atoms with Gasteiger partial charge in [0.25, 0.3) is 0 Å². The van der Waals surface area contributed by atoms with Crippen LogP contribution in [0.5, 0.6) is 5.88 Å². The summed E-state index contributed by atoms with van der Waals surface area (Å²) in [7, 11) is 0. The highest BCUT2D eigenvalue weighted by Crippen LogP contribution is 2.33. The summed E-state index contributed by atoms with van der Waals surface area (Å²) in [6, 6.07) is 9.47. The summed E-state index contributed by atoms with van der Waals surface area (Å²) in [6.07, 6.45) is 3.65. The molecule has 2 aliphatic rings. The van der Waals surface area contributed by atoms with E-state index in [1.165, 1.54) is 35.9 Å². The lowest BCUT2D eigenvalue weighted by atomic mass is 10.1. The average Bonchev–Trinajstić information content (AvgIpc) is 3.63. The van der Waals surface area contributed by atoms with Crippen LogP contribution in [-0.2, 0) is 4.74 Å². The molecule has 4 heterocycles. The van der Waals surface area contributed by atoms with Gasteiger partial charge in [-0.2, -0.15) is 4.52 Å². The molecule has 1 aliphatic heterocycles. The van der Waals surface area contributed by atoms with Gasteiger partial charge in [0.15, 0.2) is 10.8 Å². The summed E-state index contributed by atoms with van der Waals surface area (Å²) in [5.74, 6) is 1.13. The van der Waals surface area contributed by atoms with E-state index in [1.54, 1.807) is 4.52 Å². The van der Waals surface area contributed by atoms with Crippen molar-refractivity contribution >= 4 is 50.1 Å². The van der Waals surface area contributed by atoms with Gasteiger partial charge in [-0.15, -0.1) is 15.3 Å². The Balaban J connectivity index is 1.09. The molecule has 200 valence electrons. The van der Waals surface area contributed by atoms with Gasteiger partial charge in [-0.05, 0) is 61.2 Å². The molecule has 0 unspecified atom stereocenters. The SMILES string of the molecule is C[C@H]1CCC[C@@H]1Oc1ccc2nnc(Sc3ccc4nc(NC(=O)NCCN5CCOCC5)sc4c3)n2n1. The van der Waals surface area contributed by atoms with Crippen molar-refractivity contribution in [2.75, 3.05) is 44.7 Å². The third-order valence-electron chi connectivity index (χ3n) is 6.87. The van der Waals surface area contributed by atoms with E-state index < -0.39 is 0 Å². The Morgan fingerprint density at radius 3 is 2.95 bits per heavy atom. The number of ether oxygens (including phenoxy) is 2. The molecule has 1 saturated heterocycles. The van der Waals surface area contributed by atoms with Gasteiger partial charge in [0.2, 0.25) is 11.0 Å². The quantitative estimate of drug-likeness (QED) is 0.334. The highest BCUT2D eigenvalue weighted by Gasteiger charge is 2.25. The van der Waals surface area contributed by atoms with Crippen molar-refractivity contribution in [1.29, 1.82) is 0 Å². The van der Waals surface area contributed by atoms with E-state index in [0.29, 0.717) is 34.3 Å². The number of nitrogens with zero attached hydrogens (tertiary/aromatic N) is 6. The molecule has 0 bridgehead atoms. The molecule has 1 aliphatic carbocycles. The molecule has 2 fully saturated rings. The van der Waals surface area contributed by atoms with Crippen LogP contribution in [0.2, 0.25) is 0 Å². The second kappa shape index (κ2) is 11.4. The Hall–Kier alpha value is -3.00. The Morgan fingerprint density at radius 2 is 2.11 bits per heavy atom. The van der Waals surface area contributed by atoms with E-state index in [1.807, 2.05) is 30.3 Å². The molecule has 0 radical (unpaired) electrons. The summed E-state index contributed by atoms with van der Waals surface area (Å²) in [6.45, 7) is 6.90. The van der Waals surface area contributed by atoms with Crippen molar-refractivity contribution in [2.45, 2.75) is 42.3 Å². The highest BCUT2D eigenvalue weighted by atomic mass is 32.2. The Kier molecular flexibility index (Phi) is 7.58. The van der Waals surface area contributed by atoms with Crippen LogP contribution in [0, 0.1) is 5.92 Å². The fourth-order valence-electron chi connectivity index (χ4n) is 4.74. The number of morpholine rings is 1. The van der Waals surface area contributed by atoms with Gasteiger partial charge in [-0.1, -0.05) is 18.3 Å². The lowest BCUT2D eigenvalue weighted by Gasteiger charge is -2.26. The summed E-state index contributed by atoms with van der Waals surface area (Å²) in [5, 5.41) is 20.2. The van der Waals surface area contributed by atoms with Gasteiger partial charge in [0, 0.05) is 37.1 Å². The third-order valence-corrected chi connectivity index (χ3v) is 8.73. The van der Waals surface area contributed by atoms with E-state index in [-0.39, 0.29) is 12.1 Å². The van der Waals surface area contributed by atoms with Crippen molar-refractivity contribution < 1.29 is 14.3 Å². The first-order valence-electron chi connectivity index (χ1n) is 12.9. The number of hydrogen-bond acceptors (Lipinski definition) is 10. The van der Waals surface area contributed by atoms with Gasteiger partial charge < -0.3 is 14.8 Å². The molecule has 1 aromatic carbocycles. The largest absolute Gasteiger partial charge is 0.473 e. The van der Waals surface area contributed by atoms with Crippen LogP contribution >= 0.6 is 23.1 Å². The number of amides is 2. The fourth-order valence-corrected chi connectivity index (χ4v) is 6.54. The van der Waals surface area contributed by atoms with Crippen molar-refractivity contribution in [3.05, 3.63) is 30.3 Å². The predicted octanol–water partition coefficient (Wildman–Crippen LogP) is 3.91. The second-order valence-corrected chi connectivity index (χ2v) is 11.6. The molecule has 2 amide bonds. The number of carbonyl (C=O) groups excluding carboxylic acids is 1. The Bertz CT molecular complexity index is 1420. The zero-order chi connectivity index (χ0) is 25.9. The van der Waals surface area contributed by atoms with Crippen LogP contribution < -0.4 is 15.4 Å². The first-order valence-corrected chi connectivity index (χ1v) is 14.6. The van der Waals surface area contributed by atoms with Gasteiger partial charge in [-0.3, -0.25) is 10.2 Å². The second-order valence-electron chi connectivity index (χ2n) is 9.57. The maximum absolute atomic E-state index is 12.4. The summed E-state index contributed by atoms with van der Waals surface area (Å²) in [5.41, 5.74) is 1.50. The van der Waals surface area contributed by atoms with Crippen LogP contribution in [-0.4, -0.2) is 81.2 Å². The van der Waals surface area contributed by atoms with Crippen LogP contribution in [0.3, 0.4) is 0 Å². The molecule has 11 nitrogen and oxygen atoms in total. The molecular weight excluding hydrogens is 524 g/mol. The van der Waals surface area contributed by atoms with E-state index in [9.17, 15) is 4.79 Å². The molecule has 1 saturated carbocycles. The topological polar surface area (TPSA) is 119 Å². The number of urea groups is 1. The van der Waals surface area contributed by atoms with Gasteiger partial charge in [0.05, 0.1) is 23.4 Å². The number of anilines is 1. The molecular formula is C25H30N8O3S2. The van der Waals surface area contributed by atoms with Gasteiger partial charge in [0.1, 0.15) is 6.10 Å². The molecule has 2 N–H and O–H groups in total. The minimum absolute atomic E-state index is 0.205. The molecule has 4 aromatic rings. The molecule has 6 rings (SSSR count). The van der Waals surface area contributed by atoms with Crippen molar-refractivity contribution in [3.8, 4) is 5.88 Å². The monoisotopic (exact) mass is 554 g/mol. The third kappa shape index (κ3) is 5.85. The number of hydrogen-bond donors (Lipinski definition) is 2. The minimum Gasteiger partial charge on any atom is -0.473 e. The average molecular weight is 555 g/mol. The van der Waals surface area contributed by atoms with Crippen molar-refractivity contribution in [3.63, 3.8) is 0 Å². The first-order chi connectivity index (χ1) is 18.6. The number of nitrogens with one attached hydrogen (secondary N) is 2. The molecule has 0 spiro atoms. The maximum Gasteiger partial charge on any atom is 0.321 e. The number of benzene rings is 1. The lowest BCUT2D eigenvalue weighted by Crippen LogP contribution is -2.42. The Labute approximate surface area is 228 Å². The molecule has 38 heavy (non-hydrogen) atoms. The Morgan fingerprint density at radius 1 is 1.21 bits per heavy atom. The lowest BCUT2D eigenvalue weighted by molar-refractivity contribution is 0.0388. The number of thiazole rings is 1. The van der Waals surface area contributed by atoms with Crippen LogP contribution in [0.25, 0.3) is 15.9 Å².